The van der Waals surface area contributed by atoms with Crippen LogP contribution in [0.5, 0.6) is 0 Å². The van der Waals surface area contributed by atoms with E-state index in [-0.39, 0.29) is 16.7 Å². The fourth-order valence-corrected chi connectivity index (χ4v) is 4.45. The molecule has 0 amide bonds. The fraction of sp³-hybridized carbons (Fsp3) is 1.00. The number of rotatable bonds is 3. The molecule has 0 aliphatic heterocycles. The summed E-state index contributed by atoms with van der Waals surface area (Å²) >= 11 is 0. The smallest absolute Gasteiger partial charge is 0.192 e. The number of hydrogen-bond acceptors (Lipinski definition) is 2. The molecule has 1 fully saturated rings. The van der Waals surface area contributed by atoms with Gasteiger partial charge in [0.15, 0.2) is 8.32 Å². The Hall–Kier alpha value is 0.137. The molecule has 1 aliphatic rings. The summed E-state index contributed by atoms with van der Waals surface area (Å²) in [5.41, 5.74) is -0.0524. The molecule has 0 heterocycles. The van der Waals surface area contributed by atoms with Crippen molar-refractivity contribution in [2.24, 2.45) is 5.92 Å². The van der Waals surface area contributed by atoms with Crippen molar-refractivity contribution >= 4 is 8.32 Å². The molecule has 0 aromatic rings. The summed E-state index contributed by atoms with van der Waals surface area (Å²) in [5.74, 6) is 0.593. The predicted octanol–water partition coefficient (Wildman–Crippen LogP) is 4.34. The molecule has 0 radical (unpaired) electrons. The largest absolute Gasteiger partial charge is 0.412 e. The first-order valence-electron chi connectivity index (χ1n) is 7.34. The van der Waals surface area contributed by atoms with Gasteiger partial charge in [0.1, 0.15) is 0 Å². The molecule has 0 aromatic heterocycles. The van der Waals surface area contributed by atoms with E-state index < -0.39 is 8.32 Å². The summed E-state index contributed by atoms with van der Waals surface area (Å²) in [6.07, 6.45) is 4.00. The Bertz CT molecular complexity index is 271. The van der Waals surface area contributed by atoms with Crippen molar-refractivity contribution in [2.75, 3.05) is 0 Å². The first kappa shape index (κ1) is 16.2. The summed E-state index contributed by atoms with van der Waals surface area (Å²) in [5, 5.41) is 9.88. The monoisotopic (exact) mass is 272 g/mol. The van der Waals surface area contributed by atoms with E-state index in [9.17, 15) is 5.11 Å². The molecule has 0 unspecified atom stereocenters. The van der Waals surface area contributed by atoms with E-state index in [1.54, 1.807) is 0 Å². The molecule has 0 atom stereocenters. The van der Waals surface area contributed by atoms with Crippen LogP contribution in [0.3, 0.4) is 0 Å². The van der Waals surface area contributed by atoms with Crippen molar-refractivity contribution in [3.8, 4) is 0 Å². The average molecular weight is 273 g/mol. The summed E-state index contributed by atoms with van der Waals surface area (Å²) in [7, 11) is -1.70. The topological polar surface area (TPSA) is 29.5 Å². The molecule has 108 valence electrons. The molecule has 1 saturated carbocycles. The second-order valence-electron chi connectivity index (χ2n) is 7.97. The second kappa shape index (κ2) is 5.26. The Morgan fingerprint density at radius 2 is 1.39 bits per heavy atom. The van der Waals surface area contributed by atoms with Gasteiger partial charge >= 0.3 is 0 Å². The Labute approximate surface area is 114 Å². The molecule has 1 N–H and O–H groups in total. The van der Waals surface area contributed by atoms with Gasteiger partial charge in [0.2, 0.25) is 0 Å². The van der Waals surface area contributed by atoms with Crippen LogP contribution in [-0.4, -0.2) is 25.1 Å². The normalized spacial score (nSPS) is 27.3. The molecule has 2 nitrogen and oxygen atoms in total. The molecular formula is C15H32O2Si. The van der Waals surface area contributed by atoms with Gasteiger partial charge in [0.05, 0.1) is 11.7 Å². The zero-order valence-electron chi connectivity index (χ0n) is 13.3. The second-order valence-corrected chi connectivity index (χ2v) is 12.7. The van der Waals surface area contributed by atoms with Crippen LogP contribution in [0.4, 0.5) is 0 Å². The molecule has 0 aromatic carbocycles. The maximum absolute atomic E-state index is 9.62. The first-order chi connectivity index (χ1) is 7.96. The molecule has 1 aliphatic carbocycles. The summed E-state index contributed by atoms with van der Waals surface area (Å²) < 4.78 is 6.62. The van der Waals surface area contributed by atoms with Crippen LogP contribution in [0.1, 0.15) is 60.3 Å². The lowest BCUT2D eigenvalue weighted by molar-refractivity contribution is -0.00917. The van der Waals surface area contributed by atoms with Crippen molar-refractivity contribution in [1.82, 2.24) is 0 Å². The third-order valence-corrected chi connectivity index (χ3v) is 9.65. The molecule has 0 saturated heterocycles. The number of aliphatic hydroxyl groups excluding tert-OH is 1. The van der Waals surface area contributed by atoms with Crippen molar-refractivity contribution in [3.63, 3.8) is 0 Å². The molecule has 0 spiro atoms. The highest BCUT2D eigenvalue weighted by molar-refractivity contribution is 6.74. The van der Waals surface area contributed by atoms with Gasteiger partial charge in [-0.1, -0.05) is 20.8 Å². The third kappa shape index (κ3) is 3.81. The molecule has 0 bridgehead atoms. The zero-order valence-corrected chi connectivity index (χ0v) is 14.3. The molecule has 18 heavy (non-hydrogen) atoms. The van der Waals surface area contributed by atoms with Gasteiger partial charge < -0.3 is 9.53 Å². The van der Waals surface area contributed by atoms with E-state index in [0.717, 1.165) is 25.7 Å². The van der Waals surface area contributed by atoms with Gasteiger partial charge in [-0.3, -0.25) is 0 Å². The number of aliphatic hydroxyl groups is 1. The SMILES string of the molecule is CC(C)(C)[Si](C)(C)OC(C)(C)[C@H]1CC[C@@H](O)CC1. The van der Waals surface area contributed by atoms with E-state index in [2.05, 4.69) is 47.7 Å². The van der Waals surface area contributed by atoms with E-state index in [4.69, 9.17) is 4.43 Å². The lowest BCUT2D eigenvalue weighted by Gasteiger charge is -2.47. The van der Waals surface area contributed by atoms with E-state index in [1.165, 1.54) is 0 Å². The van der Waals surface area contributed by atoms with Crippen LogP contribution in [0.2, 0.25) is 18.1 Å². The number of hydrogen-bond donors (Lipinski definition) is 1. The third-order valence-electron chi connectivity index (χ3n) is 5.00. The fourth-order valence-electron chi connectivity index (χ4n) is 2.67. The molecular weight excluding hydrogens is 240 g/mol. The van der Waals surface area contributed by atoms with Crippen molar-refractivity contribution in [2.45, 2.75) is 90.1 Å². The highest BCUT2D eigenvalue weighted by Crippen LogP contribution is 2.43. The van der Waals surface area contributed by atoms with Gasteiger partial charge in [-0.05, 0) is 63.6 Å². The average Bonchev–Trinajstić information content (AvgIpc) is 2.14. The van der Waals surface area contributed by atoms with Crippen LogP contribution < -0.4 is 0 Å². The summed E-state index contributed by atoms with van der Waals surface area (Å²) in [4.78, 5) is 0. The van der Waals surface area contributed by atoms with Crippen LogP contribution in [0.15, 0.2) is 0 Å². The Kier molecular flexibility index (Phi) is 4.73. The maximum Gasteiger partial charge on any atom is 0.192 e. The zero-order chi connectivity index (χ0) is 14.2. The molecule has 3 heteroatoms. The lowest BCUT2D eigenvalue weighted by Crippen LogP contribution is -2.51. The maximum atomic E-state index is 9.62. The van der Waals surface area contributed by atoms with Gasteiger partial charge in [0.25, 0.3) is 0 Å². The van der Waals surface area contributed by atoms with Crippen molar-refractivity contribution in [1.29, 1.82) is 0 Å². The summed E-state index contributed by atoms with van der Waals surface area (Å²) in [6.45, 7) is 16.0. The summed E-state index contributed by atoms with van der Waals surface area (Å²) in [6, 6.07) is 0. The van der Waals surface area contributed by atoms with Crippen LogP contribution in [0.25, 0.3) is 0 Å². The highest BCUT2D eigenvalue weighted by Gasteiger charge is 2.44. The van der Waals surface area contributed by atoms with E-state index in [1.807, 2.05) is 0 Å². The standard InChI is InChI=1S/C15H32O2Si/c1-14(2,3)18(6,7)17-15(4,5)12-8-10-13(16)11-9-12/h12-13,16H,8-11H2,1-7H3/t12-,13+. The van der Waals surface area contributed by atoms with Crippen LogP contribution in [-0.2, 0) is 4.43 Å². The van der Waals surface area contributed by atoms with E-state index in [0.29, 0.717) is 5.92 Å². The minimum absolute atomic E-state index is 0.0524. The minimum Gasteiger partial charge on any atom is -0.412 e. The predicted molar refractivity (Wildman–Crippen MR) is 80.3 cm³/mol. The Balaban J connectivity index is 2.70. The minimum atomic E-state index is -1.70. The van der Waals surface area contributed by atoms with E-state index >= 15 is 0 Å². The quantitative estimate of drug-likeness (QED) is 0.775. The van der Waals surface area contributed by atoms with Gasteiger partial charge in [-0.2, -0.15) is 0 Å². The van der Waals surface area contributed by atoms with Crippen molar-refractivity contribution < 1.29 is 9.53 Å². The van der Waals surface area contributed by atoms with Crippen molar-refractivity contribution in [3.05, 3.63) is 0 Å². The van der Waals surface area contributed by atoms with Gasteiger partial charge in [-0.25, -0.2) is 0 Å². The lowest BCUT2D eigenvalue weighted by atomic mass is 9.78. The van der Waals surface area contributed by atoms with Crippen LogP contribution >= 0.6 is 0 Å². The molecule has 1 rings (SSSR count). The Morgan fingerprint density at radius 3 is 1.78 bits per heavy atom. The first-order valence-corrected chi connectivity index (χ1v) is 10.2. The highest BCUT2D eigenvalue weighted by atomic mass is 28.4. The van der Waals surface area contributed by atoms with Crippen LogP contribution in [0, 0.1) is 5.92 Å². The Morgan fingerprint density at radius 1 is 0.944 bits per heavy atom. The van der Waals surface area contributed by atoms with Gasteiger partial charge in [0, 0.05) is 0 Å². The van der Waals surface area contributed by atoms with Gasteiger partial charge in [-0.15, -0.1) is 0 Å².